The molecular formula is C28H31NO5. The van der Waals surface area contributed by atoms with Crippen LogP contribution in [0.25, 0.3) is 5.76 Å². The van der Waals surface area contributed by atoms with Crippen molar-refractivity contribution in [1.82, 2.24) is 4.90 Å². The number of ether oxygens (including phenoxy) is 2. The van der Waals surface area contributed by atoms with Crippen LogP contribution in [0.1, 0.15) is 55.3 Å². The minimum atomic E-state index is -0.680. The molecule has 0 aromatic heterocycles. The second kappa shape index (κ2) is 10.3. The SMILES string of the molecule is C=CCOc1ccc(C(O)=C2C(=O)C(=O)N(CC3CCCO3)C2c2ccc(C(C)C)cc2)cc1. The van der Waals surface area contributed by atoms with E-state index in [0.29, 0.717) is 37.0 Å². The second-order valence-electron chi connectivity index (χ2n) is 9.03. The molecule has 2 atom stereocenters. The van der Waals surface area contributed by atoms with Gasteiger partial charge in [0.05, 0.1) is 17.7 Å². The van der Waals surface area contributed by atoms with E-state index in [1.54, 1.807) is 35.2 Å². The van der Waals surface area contributed by atoms with Gasteiger partial charge in [0.15, 0.2) is 0 Å². The van der Waals surface area contributed by atoms with Crippen molar-refractivity contribution in [1.29, 1.82) is 0 Å². The third-order valence-electron chi connectivity index (χ3n) is 6.38. The van der Waals surface area contributed by atoms with Gasteiger partial charge in [-0.2, -0.15) is 0 Å². The van der Waals surface area contributed by atoms with Crippen LogP contribution in [-0.4, -0.2) is 47.6 Å². The van der Waals surface area contributed by atoms with Crippen molar-refractivity contribution in [2.24, 2.45) is 0 Å². The van der Waals surface area contributed by atoms with E-state index in [9.17, 15) is 14.7 Å². The Morgan fingerprint density at radius 3 is 2.47 bits per heavy atom. The summed E-state index contributed by atoms with van der Waals surface area (Å²) >= 11 is 0. The number of aliphatic hydroxyl groups is 1. The summed E-state index contributed by atoms with van der Waals surface area (Å²) in [5.74, 6) is -0.507. The quantitative estimate of drug-likeness (QED) is 0.260. The first-order valence-electron chi connectivity index (χ1n) is 11.7. The highest BCUT2D eigenvalue weighted by Crippen LogP contribution is 2.40. The van der Waals surface area contributed by atoms with E-state index in [2.05, 4.69) is 20.4 Å². The Morgan fingerprint density at radius 2 is 1.88 bits per heavy atom. The van der Waals surface area contributed by atoms with Gasteiger partial charge in [-0.05, 0) is 54.2 Å². The van der Waals surface area contributed by atoms with E-state index in [1.807, 2.05) is 24.3 Å². The fourth-order valence-corrected chi connectivity index (χ4v) is 4.51. The Bertz CT molecular complexity index is 1080. The van der Waals surface area contributed by atoms with Crippen LogP contribution in [0.5, 0.6) is 5.75 Å². The molecule has 6 nitrogen and oxygen atoms in total. The Labute approximate surface area is 200 Å². The Balaban J connectivity index is 1.75. The summed E-state index contributed by atoms with van der Waals surface area (Å²) in [6, 6.07) is 14.0. The monoisotopic (exact) mass is 461 g/mol. The predicted molar refractivity (Wildman–Crippen MR) is 131 cm³/mol. The van der Waals surface area contributed by atoms with E-state index in [4.69, 9.17) is 9.47 Å². The van der Waals surface area contributed by atoms with Crippen LogP contribution in [0.2, 0.25) is 0 Å². The Kier molecular flexibility index (Phi) is 7.17. The highest BCUT2D eigenvalue weighted by Gasteiger charge is 2.47. The number of carbonyl (C=O) groups is 2. The summed E-state index contributed by atoms with van der Waals surface area (Å²) in [4.78, 5) is 27.9. The summed E-state index contributed by atoms with van der Waals surface area (Å²) in [5, 5.41) is 11.2. The molecule has 0 bridgehead atoms. The number of hydrogen-bond donors (Lipinski definition) is 1. The molecule has 2 unspecified atom stereocenters. The first kappa shape index (κ1) is 23.8. The summed E-state index contributed by atoms with van der Waals surface area (Å²) in [7, 11) is 0. The van der Waals surface area contributed by atoms with Crippen molar-refractivity contribution in [3.05, 3.63) is 83.4 Å². The van der Waals surface area contributed by atoms with Crippen LogP contribution in [0.4, 0.5) is 0 Å². The normalized spacial score (nSPS) is 21.9. The number of likely N-dealkylation sites (tertiary alicyclic amines) is 1. The van der Waals surface area contributed by atoms with E-state index >= 15 is 0 Å². The minimum absolute atomic E-state index is 0.0973. The van der Waals surface area contributed by atoms with Crippen LogP contribution in [0, 0.1) is 0 Å². The van der Waals surface area contributed by atoms with Gasteiger partial charge in [0, 0.05) is 18.7 Å². The van der Waals surface area contributed by atoms with Gasteiger partial charge in [-0.15, -0.1) is 0 Å². The molecule has 2 fully saturated rings. The van der Waals surface area contributed by atoms with Gasteiger partial charge < -0.3 is 19.5 Å². The smallest absolute Gasteiger partial charge is 0.295 e. The molecule has 6 heteroatoms. The third-order valence-corrected chi connectivity index (χ3v) is 6.38. The maximum Gasteiger partial charge on any atom is 0.295 e. The van der Waals surface area contributed by atoms with Crippen molar-refractivity contribution in [2.75, 3.05) is 19.8 Å². The number of nitrogens with zero attached hydrogens (tertiary/aromatic N) is 1. The maximum atomic E-state index is 13.2. The lowest BCUT2D eigenvalue weighted by atomic mass is 9.93. The van der Waals surface area contributed by atoms with Gasteiger partial charge in [-0.25, -0.2) is 0 Å². The molecule has 0 aliphatic carbocycles. The average Bonchev–Trinajstić information content (AvgIpc) is 3.45. The van der Waals surface area contributed by atoms with E-state index in [1.165, 1.54) is 0 Å². The van der Waals surface area contributed by atoms with Gasteiger partial charge in [-0.3, -0.25) is 9.59 Å². The van der Waals surface area contributed by atoms with E-state index < -0.39 is 17.7 Å². The molecule has 34 heavy (non-hydrogen) atoms. The van der Waals surface area contributed by atoms with Crippen LogP contribution < -0.4 is 4.74 Å². The van der Waals surface area contributed by atoms with Gasteiger partial charge in [-0.1, -0.05) is 50.8 Å². The topological polar surface area (TPSA) is 76.1 Å². The van der Waals surface area contributed by atoms with E-state index in [0.717, 1.165) is 24.0 Å². The summed E-state index contributed by atoms with van der Waals surface area (Å²) in [5.41, 5.74) is 2.49. The van der Waals surface area contributed by atoms with Crippen molar-refractivity contribution in [3.63, 3.8) is 0 Å². The maximum absolute atomic E-state index is 13.2. The van der Waals surface area contributed by atoms with Crippen LogP contribution in [0.3, 0.4) is 0 Å². The molecular weight excluding hydrogens is 430 g/mol. The van der Waals surface area contributed by atoms with Gasteiger partial charge in [0.1, 0.15) is 18.1 Å². The van der Waals surface area contributed by atoms with Crippen molar-refractivity contribution < 1.29 is 24.2 Å². The molecule has 4 rings (SSSR count). The van der Waals surface area contributed by atoms with Gasteiger partial charge in [0.25, 0.3) is 11.7 Å². The number of Topliss-reactive ketones (excluding diaryl/α,β-unsaturated/α-hetero) is 1. The highest BCUT2D eigenvalue weighted by molar-refractivity contribution is 6.46. The molecule has 2 aliphatic rings. The third kappa shape index (κ3) is 4.77. The Hall–Kier alpha value is -3.38. The molecule has 2 heterocycles. The summed E-state index contributed by atoms with van der Waals surface area (Å²) in [6.45, 7) is 9.19. The molecule has 0 saturated carbocycles. The van der Waals surface area contributed by atoms with Gasteiger partial charge >= 0.3 is 0 Å². The molecule has 178 valence electrons. The lowest BCUT2D eigenvalue weighted by Gasteiger charge is -2.27. The van der Waals surface area contributed by atoms with Gasteiger partial charge in [0.2, 0.25) is 0 Å². The molecule has 2 aliphatic heterocycles. The van der Waals surface area contributed by atoms with Crippen LogP contribution in [0.15, 0.2) is 66.8 Å². The molecule has 2 aromatic carbocycles. The number of amides is 1. The predicted octanol–water partition coefficient (Wildman–Crippen LogP) is 4.98. The number of rotatable bonds is 8. The lowest BCUT2D eigenvalue weighted by Crippen LogP contribution is -2.36. The van der Waals surface area contributed by atoms with E-state index in [-0.39, 0.29) is 17.4 Å². The Morgan fingerprint density at radius 1 is 1.18 bits per heavy atom. The van der Waals surface area contributed by atoms with Crippen LogP contribution >= 0.6 is 0 Å². The molecule has 2 aromatic rings. The zero-order chi connectivity index (χ0) is 24.2. The largest absolute Gasteiger partial charge is 0.507 e. The number of hydrogen-bond acceptors (Lipinski definition) is 5. The fourth-order valence-electron chi connectivity index (χ4n) is 4.51. The average molecular weight is 462 g/mol. The molecule has 2 saturated heterocycles. The van der Waals surface area contributed by atoms with Crippen molar-refractivity contribution in [2.45, 2.75) is 44.8 Å². The fraction of sp³-hybridized carbons (Fsp3) is 0.357. The molecule has 1 amide bonds. The lowest BCUT2D eigenvalue weighted by molar-refractivity contribution is -0.140. The first-order valence-corrected chi connectivity index (χ1v) is 11.7. The number of carbonyl (C=O) groups excluding carboxylic acids is 2. The summed E-state index contributed by atoms with van der Waals surface area (Å²) in [6.07, 6.45) is 3.31. The zero-order valence-electron chi connectivity index (χ0n) is 19.7. The van der Waals surface area contributed by atoms with Crippen molar-refractivity contribution in [3.8, 4) is 5.75 Å². The van der Waals surface area contributed by atoms with Crippen molar-refractivity contribution >= 4 is 17.4 Å². The summed E-state index contributed by atoms with van der Waals surface area (Å²) < 4.78 is 11.3. The number of aliphatic hydroxyl groups excluding tert-OH is 1. The molecule has 1 N–H and O–H groups in total. The second-order valence-corrected chi connectivity index (χ2v) is 9.03. The standard InChI is InChI=1S/C28H31NO5/c1-4-15-33-22-13-11-21(12-14-22)26(30)24-25(20-9-7-19(8-10-20)18(2)3)29(28(32)27(24)31)17-23-6-5-16-34-23/h4,7-14,18,23,25,30H,1,5-6,15-17H2,2-3H3. The highest BCUT2D eigenvalue weighted by atomic mass is 16.5. The molecule has 0 spiro atoms. The number of benzene rings is 2. The number of ketones is 1. The van der Waals surface area contributed by atoms with Crippen LogP contribution in [-0.2, 0) is 14.3 Å². The first-order chi connectivity index (χ1) is 16.4. The molecule has 0 radical (unpaired) electrons. The minimum Gasteiger partial charge on any atom is -0.507 e. The zero-order valence-corrected chi connectivity index (χ0v) is 19.7.